The minimum absolute atomic E-state index is 0.395. The molecule has 1 heterocycles. The molecule has 1 saturated heterocycles. The molecule has 0 amide bonds. The van der Waals surface area contributed by atoms with E-state index in [0.717, 1.165) is 25.6 Å². The summed E-state index contributed by atoms with van der Waals surface area (Å²) in [6, 6.07) is 0.964. The van der Waals surface area contributed by atoms with Crippen LogP contribution in [0.1, 0.15) is 19.3 Å². The predicted molar refractivity (Wildman–Crippen MR) is 54.6 cm³/mol. The lowest BCUT2D eigenvalue weighted by molar-refractivity contribution is 0.119. The van der Waals surface area contributed by atoms with Crippen molar-refractivity contribution in [3.05, 3.63) is 0 Å². The maximum atomic E-state index is 6.26. The highest BCUT2D eigenvalue weighted by atomic mass is 15.2. The predicted octanol–water partition coefficient (Wildman–Crippen LogP) is 0.0174. The largest absolute Gasteiger partial charge is 0.326 e. The smallest absolute Gasteiger partial charge is 0.0372 e. The molecule has 0 aromatic rings. The van der Waals surface area contributed by atoms with Crippen LogP contribution in [0.5, 0.6) is 0 Å². The van der Waals surface area contributed by atoms with Crippen molar-refractivity contribution in [3.63, 3.8) is 0 Å². The Morgan fingerprint density at radius 1 is 1.46 bits per heavy atom. The number of nitrogens with one attached hydrogen (secondary N) is 1. The van der Waals surface area contributed by atoms with Gasteiger partial charge in [0.15, 0.2) is 0 Å². The first-order valence-electron chi connectivity index (χ1n) is 5.45. The fourth-order valence-corrected chi connectivity index (χ4v) is 2.40. The van der Waals surface area contributed by atoms with Crippen LogP contribution in [0.4, 0.5) is 0 Å². The van der Waals surface area contributed by atoms with E-state index in [2.05, 4.69) is 17.3 Å². The van der Waals surface area contributed by atoms with Gasteiger partial charge in [0.1, 0.15) is 0 Å². The van der Waals surface area contributed by atoms with E-state index in [0.29, 0.717) is 12.1 Å². The Morgan fingerprint density at radius 3 is 2.77 bits per heavy atom. The molecule has 13 heavy (non-hydrogen) atoms. The van der Waals surface area contributed by atoms with E-state index in [1.54, 1.807) is 0 Å². The van der Waals surface area contributed by atoms with E-state index < -0.39 is 0 Å². The molecule has 0 radical (unpaired) electrons. The first-order chi connectivity index (χ1) is 6.29. The second kappa shape index (κ2) is 3.95. The molecule has 2 atom stereocenters. The van der Waals surface area contributed by atoms with Crippen molar-refractivity contribution in [1.29, 1.82) is 0 Å². The number of nitrogens with two attached hydrogens (primary N) is 1. The zero-order valence-corrected chi connectivity index (χ0v) is 8.50. The summed E-state index contributed by atoms with van der Waals surface area (Å²) in [5.41, 5.74) is 6.26. The molecule has 2 rings (SSSR count). The number of hydrogen-bond donors (Lipinski definition) is 2. The molecular weight excluding hydrogens is 162 g/mol. The fourth-order valence-electron chi connectivity index (χ4n) is 2.40. The second-order valence-electron chi connectivity index (χ2n) is 4.52. The van der Waals surface area contributed by atoms with E-state index in [4.69, 9.17) is 5.73 Å². The van der Waals surface area contributed by atoms with Crippen LogP contribution < -0.4 is 11.1 Å². The molecule has 2 fully saturated rings. The highest BCUT2D eigenvalue weighted by Gasteiger charge is 2.33. The van der Waals surface area contributed by atoms with Gasteiger partial charge in [0.2, 0.25) is 0 Å². The van der Waals surface area contributed by atoms with E-state index in [1.807, 2.05) is 0 Å². The highest BCUT2D eigenvalue weighted by molar-refractivity contribution is 4.92. The second-order valence-corrected chi connectivity index (χ2v) is 4.52. The topological polar surface area (TPSA) is 41.3 Å². The van der Waals surface area contributed by atoms with Crippen molar-refractivity contribution in [2.75, 3.05) is 26.7 Å². The van der Waals surface area contributed by atoms with E-state index in [9.17, 15) is 0 Å². The molecule has 3 N–H and O–H groups in total. The Hall–Kier alpha value is -0.120. The molecule has 0 spiro atoms. The van der Waals surface area contributed by atoms with Gasteiger partial charge in [-0.15, -0.1) is 0 Å². The van der Waals surface area contributed by atoms with Gasteiger partial charge in [0.05, 0.1) is 0 Å². The molecule has 76 valence electrons. The zero-order valence-electron chi connectivity index (χ0n) is 8.50. The molecule has 0 aromatic heterocycles. The molecule has 0 aromatic carbocycles. The number of piperazine rings is 1. The van der Waals surface area contributed by atoms with Crippen LogP contribution in [0.15, 0.2) is 0 Å². The van der Waals surface area contributed by atoms with Crippen molar-refractivity contribution < 1.29 is 0 Å². The fraction of sp³-hybridized carbons (Fsp3) is 1.00. The average molecular weight is 183 g/mol. The molecule has 2 unspecified atom stereocenters. The van der Waals surface area contributed by atoms with Gasteiger partial charge >= 0.3 is 0 Å². The molecule has 0 bridgehead atoms. The maximum absolute atomic E-state index is 6.26. The van der Waals surface area contributed by atoms with E-state index in [-0.39, 0.29) is 0 Å². The third-order valence-electron chi connectivity index (χ3n) is 3.70. The monoisotopic (exact) mass is 183 g/mol. The third kappa shape index (κ3) is 1.87. The Morgan fingerprint density at radius 2 is 2.23 bits per heavy atom. The molecular formula is C10H21N3. The van der Waals surface area contributed by atoms with Crippen molar-refractivity contribution in [2.24, 2.45) is 11.7 Å². The normalized spacial score (nSPS) is 34.2. The minimum atomic E-state index is 0.395. The lowest BCUT2D eigenvalue weighted by atomic mass is 9.77. The van der Waals surface area contributed by atoms with Crippen LogP contribution in [0, 0.1) is 5.92 Å². The van der Waals surface area contributed by atoms with Crippen LogP contribution in [-0.4, -0.2) is 43.7 Å². The Balaban J connectivity index is 1.88. The average Bonchev–Trinajstić information content (AvgIpc) is 2.01. The van der Waals surface area contributed by atoms with Gasteiger partial charge < -0.3 is 11.1 Å². The Bertz CT molecular complexity index is 168. The summed E-state index contributed by atoms with van der Waals surface area (Å²) in [7, 11) is 2.20. The summed E-state index contributed by atoms with van der Waals surface area (Å²) in [5.74, 6) is 0.798. The SMILES string of the molecule is CN1CCNCC1C(N)C1CCC1. The third-order valence-corrected chi connectivity index (χ3v) is 3.70. The first kappa shape index (κ1) is 9.44. The zero-order chi connectivity index (χ0) is 9.26. The number of nitrogens with zero attached hydrogens (tertiary/aromatic N) is 1. The van der Waals surface area contributed by atoms with Crippen molar-refractivity contribution in [1.82, 2.24) is 10.2 Å². The summed E-state index contributed by atoms with van der Waals surface area (Å²) in [6.07, 6.45) is 4.10. The van der Waals surface area contributed by atoms with Crippen LogP contribution >= 0.6 is 0 Å². The van der Waals surface area contributed by atoms with Gasteiger partial charge in [-0.2, -0.15) is 0 Å². The molecule has 2 aliphatic rings. The number of likely N-dealkylation sites (N-methyl/N-ethyl adjacent to an activating group) is 1. The van der Waals surface area contributed by atoms with Gasteiger partial charge in [0, 0.05) is 31.7 Å². The van der Waals surface area contributed by atoms with Gasteiger partial charge in [-0.05, 0) is 25.8 Å². The Kier molecular flexibility index (Phi) is 2.86. The number of rotatable bonds is 2. The maximum Gasteiger partial charge on any atom is 0.0372 e. The van der Waals surface area contributed by atoms with E-state index in [1.165, 1.54) is 19.3 Å². The molecule has 1 saturated carbocycles. The van der Waals surface area contributed by atoms with Gasteiger partial charge in [-0.3, -0.25) is 4.90 Å². The van der Waals surface area contributed by atoms with Crippen LogP contribution in [0.25, 0.3) is 0 Å². The highest BCUT2D eigenvalue weighted by Crippen LogP contribution is 2.30. The van der Waals surface area contributed by atoms with Crippen molar-refractivity contribution in [3.8, 4) is 0 Å². The molecule has 1 aliphatic carbocycles. The first-order valence-corrected chi connectivity index (χ1v) is 5.45. The molecule has 3 nitrogen and oxygen atoms in total. The van der Waals surface area contributed by atoms with Crippen LogP contribution in [0.2, 0.25) is 0 Å². The number of hydrogen-bond acceptors (Lipinski definition) is 3. The van der Waals surface area contributed by atoms with Crippen molar-refractivity contribution >= 4 is 0 Å². The summed E-state index contributed by atoms with van der Waals surface area (Å²) in [5, 5.41) is 3.43. The molecule has 3 heteroatoms. The Labute approximate surface area is 80.7 Å². The summed E-state index contributed by atoms with van der Waals surface area (Å²) >= 11 is 0. The van der Waals surface area contributed by atoms with Crippen molar-refractivity contribution in [2.45, 2.75) is 31.3 Å². The van der Waals surface area contributed by atoms with Gasteiger partial charge in [-0.25, -0.2) is 0 Å². The summed E-state index contributed by atoms with van der Waals surface area (Å²) in [4.78, 5) is 2.42. The minimum Gasteiger partial charge on any atom is -0.326 e. The lowest BCUT2D eigenvalue weighted by Gasteiger charge is -2.42. The van der Waals surface area contributed by atoms with Crippen LogP contribution in [0.3, 0.4) is 0 Å². The standard InChI is InChI=1S/C10H21N3/c1-13-6-5-12-7-9(13)10(11)8-3-2-4-8/h8-10,12H,2-7,11H2,1H3. The van der Waals surface area contributed by atoms with E-state index >= 15 is 0 Å². The van der Waals surface area contributed by atoms with Crippen LogP contribution in [-0.2, 0) is 0 Å². The lowest BCUT2D eigenvalue weighted by Crippen LogP contribution is -2.60. The summed E-state index contributed by atoms with van der Waals surface area (Å²) in [6.45, 7) is 3.34. The molecule has 1 aliphatic heterocycles. The summed E-state index contributed by atoms with van der Waals surface area (Å²) < 4.78 is 0. The quantitative estimate of drug-likeness (QED) is 0.634. The van der Waals surface area contributed by atoms with Gasteiger partial charge in [0.25, 0.3) is 0 Å². The van der Waals surface area contributed by atoms with Gasteiger partial charge in [-0.1, -0.05) is 6.42 Å².